The molecule has 1 nitrogen and oxygen atoms in total. The summed E-state index contributed by atoms with van der Waals surface area (Å²) in [5.74, 6) is 0.941. The van der Waals surface area contributed by atoms with Gasteiger partial charge < -0.3 is 5.32 Å². The molecular weight excluding hydrogens is 134 g/mol. The van der Waals surface area contributed by atoms with Gasteiger partial charge >= 0.3 is 0 Å². The summed E-state index contributed by atoms with van der Waals surface area (Å²) in [6, 6.07) is 0.859. The predicted octanol–water partition coefficient (Wildman–Crippen LogP) is 2.09. The highest BCUT2D eigenvalue weighted by molar-refractivity contribution is 5.07. The lowest BCUT2D eigenvalue weighted by molar-refractivity contribution is 0.730. The second-order valence-electron chi connectivity index (χ2n) is 4.01. The van der Waals surface area contributed by atoms with Crippen molar-refractivity contribution >= 4 is 0 Å². The van der Waals surface area contributed by atoms with Crippen LogP contribution in [0.25, 0.3) is 0 Å². The van der Waals surface area contributed by atoms with Gasteiger partial charge in [-0.1, -0.05) is 11.6 Å². The van der Waals surface area contributed by atoms with Crippen molar-refractivity contribution in [3.8, 4) is 0 Å². The Labute approximate surface area is 68.9 Å². The van der Waals surface area contributed by atoms with E-state index in [1.54, 1.807) is 5.57 Å². The first-order valence-electron chi connectivity index (χ1n) is 4.75. The summed E-state index contributed by atoms with van der Waals surface area (Å²) in [6.45, 7) is 3.37. The van der Waals surface area contributed by atoms with Crippen LogP contribution in [0.15, 0.2) is 11.6 Å². The minimum Gasteiger partial charge on any atom is -0.310 e. The lowest BCUT2D eigenvalue weighted by atomic mass is 10.2. The van der Waals surface area contributed by atoms with Crippen LogP contribution < -0.4 is 5.32 Å². The highest BCUT2D eigenvalue weighted by Gasteiger charge is 2.21. The number of allylic oxidation sites excluding steroid dienone is 1. The maximum Gasteiger partial charge on any atom is 0.0164 e. The van der Waals surface area contributed by atoms with Crippen LogP contribution >= 0.6 is 0 Å². The lowest BCUT2D eigenvalue weighted by Crippen LogP contribution is -2.18. The van der Waals surface area contributed by atoms with Gasteiger partial charge in [0.25, 0.3) is 0 Å². The quantitative estimate of drug-likeness (QED) is 0.607. The molecule has 0 bridgehead atoms. The largest absolute Gasteiger partial charge is 0.310 e. The minimum atomic E-state index is 0.859. The molecular formula is C10H17N. The van der Waals surface area contributed by atoms with E-state index in [1.807, 2.05) is 0 Å². The zero-order valence-electron chi connectivity index (χ0n) is 7.27. The van der Waals surface area contributed by atoms with E-state index >= 15 is 0 Å². The van der Waals surface area contributed by atoms with Crippen molar-refractivity contribution < 1.29 is 0 Å². The molecule has 11 heavy (non-hydrogen) atoms. The summed E-state index contributed by atoms with van der Waals surface area (Å²) in [5.41, 5.74) is 1.54. The van der Waals surface area contributed by atoms with Gasteiger partial charge in [-0.15, -0.1) is 0 Å². The van der Waals surface area contributed by atoms with Crippen molar-refractivity contribution in [3.63, 3.8) is 0 Å². The average molecular weight is 151 g/mol. The van der Waals surface area contributed by atoms with Gasteiger partial charge in [0, 0.05) is 12.6 Å². The van der Waals surface area contributed by atoms with Gasteiger partial charge in [-0.25, -0.2) is 0 Å². The molecule has 1 N–H and O–H groups in total. The van der Waals surface area contributed by atoms with E-state index in [1.165, 1.54) is 25.7 Å². The molecule has 1 heteroatoms. The van der Waals surface area contributed by atoms with Crippen LogP contribution in [0.1, 0.15) is 32.6 Å². The van der Waals surface area contributed by atoms with Crippen molar-refractivity contribution in [1.29, 1.82) is 0 Å². The van der Waals surface area contributed by atoms with Crippen LogP contribution in [-0.4, -0.2) is 12.6 Å². The van der Waals surface area contributed by atoms with E-state index < -0.39 is 0 Å². The Hall–Kier alpha value is -0.300. The van der Waals surface area contributed by atoms with Gasteiger partial charge in [0.2, 0.25) is 0 Å². The maximum atomic E-state index is 3.52. The standard InChI is InChI=1S/C10H17N/c1-8(6-9-2-3-9)7-11-10-4-5-10/h6,9-11H,2-5,7H2,1H3. The highest BCUT2D eigenvalue weighted by atomic mass is 14.9. The van der Waals surface area contributed by atoms with Crippen LogP contribution in [-0.2, 0) is 0 Å². The van der Waals surface area contributed by atoms with Crippen molar-refractivity contribution in [2.45, 2.75) is 38.6 Å². The topological polar surface area (TPSA) is 12.0 Å². The third-order valence-electron chi connectivity index (χ3n) is 2.39. The third-order valence-corrected chi connectivity index (χ3v) is 2.39. The van der Waals surface area contributed by atoms with Gasteiger partial charge in [-0.2, -0.15) is 0 Å². The molecule has 0 aliphatic heterocycles. The van der Waals surface area contributed by atoms with Gasteiger partial charge in [-0.3, -0.25) is 0 Å². The number of hydrogen-bond donors (Lipinski definition) is 1. The molecule has 0 aromatic rings. The lowest BCUT2D eigenvalue weighted by Gasteiger charge is -2.01. The molecule has 0 radical (unpaired) electrons. The summed E-state index contributed by atoms with van der Waals surface area (Å²) in [5, 5.41) is 3.52. The predicted molar refractivity (Wildman–Crippen MR) is 47.5 cm³/mol. The van der Waals surface area contributed by atoms with Crippen molar-refractivity contribution in [1.82, 2.24) is 5.32 Å². The molecule has 0 aromatic heterocycles. The van der Waals surface area contributed by atoms with Crippen LogP contribution in [0.2, 0.25) is 0 Å². The molecule has 0 atom stereocenters. The molecule has 0 spiro atoms. The fraction of sp³-hybridized carbons (Fsp3) is 0.800. The summed E-state index contributed by atoms with van der Waals surface area (Å²) in [6.07, 6.45) is 8.10. The van der Waals surface area contributed by atoms with E-state index in [0.29, 0.717) is 0 Å². The molecule has 0 amide bonds. The van der Waals surface area contributed by atoms with Crippen LogP contribution in [0.4, 0.5) is 0 Å². The Morgan fingerprint density at radius 3 is 2.64 bits per heavy atom. The minimum absolute atomic E-state index is 0.859. The molecule has 0 aromatic carbocycles. The van der Waals surface area contributed by atoms with Crippen molar-refractivity contribution in [2.24, 2.45) is 5.92 Å². The van der Waals surface area contributed by atoms with Gasteiger partial charge in [-0.05, 0) is 38.5 Å². The molecule has 2 aliphatic rings. The van der Waals surface area contributed by atoms with Gasteiger partial charge in [0.1, 0.15) is 0 Å². The Balaban J connectivity index is 1.66. The molecule has 2 rings (SSSR count). The Kier molecular flexibility index (Phi) is 1.99. The smallest absolute Gasteiger partial charge is 0.0164 e. The number of hydrogen-bond acceptors (Lipinski definition) is 1. The monoisotopic (exact) mass is 151 g/mol. The Morgan fingerprint density at radius 2 is 2.09 bits per heavy atom. The number of rotatable bonds is 4. The van der Waals surface area contributed by atoms with Crippen LogP contribution in [0.5, 0.6) is 0 Å². The summed E-state index contributed by atoms with van der Waals surface area (Å²) >= 11 is 0. The van der Waals surface area contributed by atoms with Gasteiger partial charge in [0.05, 0.1) is 0 Å². The second-order valence-corrected chi connectivity index (χ2v) is 4.01. The maximum absolute atomic E-state index is 3.52. The molecule has 2 fully saturated rings. The second kappa shape index (κ2) is 2.98. The zero-order valence-corrected chi connectivity index (χ0v) is 7.27. The highest BCUT2D eigenvalue weighted by Crippen LogP contribution is 2.31. The van der Waals surface area contributed by atoms with Crippen molar-refractivity contribution in [2.75, 3.05) is 6.54 Å². The number of nitrogens with one attached hydrogen (secondary N) is 1. The molecule has 0 saturated heterocycles. The fourth-order valence-corrected chi connectivity index (χ4v) is 1.32. The Bertz CT molecular complexity index is 164. The normalized spacial score (nSPS) is 25.7. The fourth-order valence-electron chi connectivity index (χ4n) is 1.32. The van der Waals surface area contributed by atoms with Gasteiger partial charge in [0.15, 0.2) is 0 Å². The van der Waals surface area contributed by atoms with E-state index in [0.717, 1.165) is 18.5 Å². The third kappa shape index (κ3) is 2.66. The molecule has 2 saturated carbocycles. The summed E-state index contributed by atoms with van der Waals surface area (Å²) in [7, 11) is 0. The first-order valence-corrected chi connectivity index (χ1v) is 4.75. The van der Waals surface area contributed by atoms with Crippen LogP contribution in [0.3, 0.4) is 0 Å². The molecule has 2 aliphatic carbocycles. The SMILES string of the molecule is CC(=CC1CC1)CNC1CC1. The van der Waals surface area contributed by atoms with Crippen molar-refractivity contribution in [3.05, 3.63) is 11.6 Å². The molecule has 0 unspecified atom stereocenters. The van der Waals surface area contributed by atoms with E-state index in [4.69, 9.17) is 0 Å². The average Bonchev–Trinajstić information content (AvgIpc) is 2.80. The summed E-state index contributed by atoms with van der Waals surface area (Å²) in [4.78, 5) is 0. The van der Waals surface area contributed by atoms with Crippen LogP contribution in [0, 0.1) is 5.92 Å². The Morgan fingerprint density at radius 1 is 1.36 bits per heavy atom. The van der Waals surface area contributed by atoms with E-state index in [-0.39, 0.29) is 0 Å². The zero-order chi connectivity index (χ0) is 7.68. The first-order chi connectivity index (χ1) is 5.34. The molecule has 0 heterocycles. The van der Waals surface area contributed by atoms with E-state index in [2.05, 4.69) is 18.3 Å². The van der Waals surface area contributed by atoms with E-state index in [9.17, 15) is 0 Å². The molecule has 62 valence electrons. The first kappa shape index (κ1) is 7.35. The summed E-state index contributed by atoms with van der Waals surface area (Å²) < 4.78 is 0.